The minimum absolute atomic E-state index is 0.496. The van der Waals surface area contributed by atoms with Crippen LogP contribution in [0.1, 0.15) is 22.3 Å². The lowest BCUT2D eigenvalue weighted by Crippen LogP contribution is -2.28. The Bertz CT molecular complexity index is 3040. The number of pyridine rings is 2. The van der Waals surface area contributed by atoms with Gasteiger partial charge in [0.15, 0.2) is 0 Å². The van der Waals surface area contributed by atoms with Gasteiger partial charge in [0, 0.05) is 23.5 Å². The molecule has 0 amide bonds. The molecule has 0 aliphatic heterocycles. The van der Waals surface area contributed by atoms with Crippen LogP contribution in [0.5, 0.6) is 0 Å². The molecule has 2 heterocycles. The summed E-state index contributed by atoms with van der Waals surface area (Å²) in [6, 6.07) is 75.1. The van der Waals surface area contributed by atoms with Crippen LogP contribution in [0.25, 0.3) is 77.4 Å². The van der Waals surface area contributed by atoms with E-state index in [0.717, 1.165) is 22.5 Å². The fraction of sp³-hybridized carbons (Fsp3) is 0.0182. The molecule has 0 N–H and O–H groups in total. The van der Waals surface area contributed by atoms with Crippen molar-refractivity contribution in [2.75, 3.05) is 0 Å². The normalized spacial score (nSPS) is 12.7. The minimum Gasteiger partial charge on any atom is -0.256 e. The van der Waals surface area contributed by atoms with Crippen molar-refractivity contribution in [2.24, 2.45) is 0 Å². The van der Waals surface area contributed by atoms with Gasteiger partial charge in [-0.3, -0.25) is 9.97 Å². The Morgan fingerprint density at radius 3 is 1.56 bits per heavy atom. The average molecular weight is 725 g/mol. The van der Waals surface area contributed by atoms with Crippen LogP contribution in [0, 0.1) is 0 Å². The van der Waals surface area contributed by atoms with Crippen LogP contribution in [0.2, 0.25) is 0 Å². The van der Waals surface area contributed by atoms with Crippen molar-refractivity contribution in [2.45, 2.75) is 5.41 Å². The molecular weight excluding hydrogens is 689 g/mol. The third kappa shape index (κ3) is 5.18. The number of aromatic nitrogens is 2. The Morgan fingerprint density at radius 1 is 0.316 bits per heavy atom. The summed E-state index contributed by atoms with van der Waals surface area (Å²) in [6.45, 7) is 0. The van der Waals surface area contributed by atoms with Crippen molar-refractivity contribution in [3.63, 3.8) is 0 Å². The summed E-state index contributed by atoms with van der Waals surface area (Å²) in [4.78, 5) is 9.55. The fourth-order valence-corrected chi connectivity index (χ4v) is 9.41. The third-order valence-electron chi connectivity index (χ3n) is 11.9. The van der Waals surface area contributed by atoms with Crippen LogP contribution in [0.4, 0.5) is 0 Å². The Kier molecular flexibility index (Phi) is 7.75. The van der Waals surface area contributed by atoms with Crippen molar-refractivity contribution < 1.29 is 0 Å². The Labute approximate surface area is 332 Å². The molecule has 0 saturated carbocycles. The summed E-state index contributed by atoms with van der Waals surface area (Å²) in [5.41, 5.74) is 16.0. The van der Waals surface area contributed by atoms with Crippen molar-refractivity contribution >= 4 is 21.5 Å². The van der Waals surface area contributed by atoms with Crippen LogP contribution in [0.3, 0.4) is 0 Å². The second kappa shape index (κ2) is 13.4. The predicted octanol–water partition coefficient (Wildman–Crippen LogP) is 13.8. The molecule has 57 heavy (non-hydrogen) atoms. The number of benzene rings is 8. The number of fused-ring (bicyclic) bond motifs is 5. The summed E-state index contributed by atoms with van der Waals surface area (Å²) in [7, 11) is 0. The first-order chi connectivity index (χ1) is 28.3. The van der Waals surface area contributed by atoms with Crippen LogP contribution in [-0.2, 0) is 5.41 Å². The van der Waals surface area contributed by atoms with Gasteiger partial charge in [-0.2, -0.15) is 0 Å². The van der Waals surface area contributed by atoms with Gasteiger partial charge in [-0.15, -0.1) is 0 Å². The minimum atomic E-state index is -0.496. The maximum atomic E-state index is 4.99. The topological polar surface area (TPSA) is 25.8 Å². The molecule has 0 spiro atoms. The second-order valence-corrected chi connectivity index (χ2v) is 14.9. The van der Waals surface area contributed by atoms with Crippen LogP contribution < -0.4 is 0 Å². The predicted molar refractivity (Wildman–Crippen MR) is 236 cm³/mol. The van der Waals surface area contributed by atoms with E-state index >= 15 is 0 Å². The number of rotatable bonds is 6. The molecule has 8 aromatic carbocycles. The summed E-state index contributed by atoms with van der Waals surface area (Å²) < 4.78 is 0. The molecular formula is C55H36N2. The van der Waals surface area contributed by atoms with E-state index in [9.17, 15) is 0 Å². The van der Waals surface area contributed by atoms with Gasteiger partial charge in [0.2, 0.25) is 0 Å². The van der Waals surface area contributed by atoms with Gasteiger partial charge in [0.05, 0.1) is 16.8 Å². The molecule has 1 aliphatic carbocycles. The van der Waals surface area contributed by atoms with Crippen LogP contribution in [0.15, 0.2) is 219 Å². The zero-order valence-corrected chi connectivity index (χ0v) is 31.2. The Morgan fingerprint density at radius 2 is 0.877 bits per heavy atom. The molecule has 0 unspecified atom stereocenters. The van der Waals surface area contributed by atoms with E-state index in [4.69, 9.17) is 4.98 Å². The number of nitrogens with zero attached hydrogens (tertiary/aromatic N) is 2. The first kappa shape index (κ1) is 33.0. The van der Waals surface area contributed by atoms with Crippen molar-refractivity contribution in [3.8, 4) is 55.9 Å². The molecule has 266 valence electrons. The van der Waals surface area contributed by atoms with Crippen LogP contribution in [-0.4, -0.2) is 9.97 Å². The molecule has 2 nitrogen and oxygen atoms in total. The number of hydrogen-bond donors (Lipinski definition) is 0. The van der Waals surface area contributed by atoms with Gasteiger partial charge < -0.3 is 0 Å². The zero-order chi connectivity index (χ0) is 37.8. The molecule has 10 aromatic rings. The van der Waals surface area contributed by atoms with Gasteiger partial charge in [-0.25, -0.2) is 0 Å². The number of hydrogen-bond acceptors (Lipinski definition) is 2. The maximum Gasteiger partial charge on any atom is 0.0717 e. The van der Waals surface area contributed by atoms with Crippen molar-refractivity contribution in [1.29, 1.82) is 0 Å². The van der Waals surface area contributed by atoms with Gasteiger partial charge in [-0.1, -0.05) is 170 Å². The first-order valence-electron chi connectivity index (χ1n) is 19.6. The van der Waals surface area contributed by atoms with E-state index in [1.54, 1.807) is 0 Å². The SMILES string of the molecule is c1ccc(-c2c3ccccc3c(-c3ccc4c(c3)C(c3ccccc3)(c3ccccc3)c3ccccc3-4)c3cc(-c4ccc(-c5ccccn5)cn4)ccc23)cc1. The third-order valence-corrected chi connectivity index (χ3v) is 11.9. The highest BCUT2D eigenvalue weighted by Crippen LogP contribution is 2.57. The van der Waals surface area contributed by atoms with Gasteiger partial charge >= 0.3 is 0 Å². The van der Waals surface area contributed by atoms with Gasteiger partial charge in [-0.05, 0) is 114 Å². The molecule has 0 bridgehead atoms. The van der Waals surface area contributed by atoms with E-state index in [1.807, 2.05) is 30.6 Å². The highest BCUT2D eigenvalue weighted by Gasteiger charge is 2.46. The lowest BCUT2D eigenvalue weighted by molar-refractivity contribution is 0.769. The van der Waals surface area contributed by atoms with Crippen LogP contribution >= 0.6 is 0 Å². The lowest BCUT2D eigenvalue weighted by atomic mass is 9.67. The summed E-state index contributed by atoms with van der Waals surface area (Å²) in [5, 5.41) is 4.86. The van der Waals surface area contributed by atoms with Crippen molar-refractivity contribution in [1.82, 2.24) is 9.97 Å². The second-order valence-electron chi connectivity index (χ2n) is 14.9. The quantitative estimate of drug-likeness (QED) is 0.160. The van der Waals surface area contributed by atoms with Gasteiger partial charge in [0.1, 0.15) is 0 Å². The molecule has 2 aromatic heterocycles. The average Bonchev–Trinajstić information content (AvgIpc) is 3.59. The van der Waals surface area contributed by atoms with E-state index in [-0.39, 0.29) is 0 Å². The smallest absolute Gasteiger partial charge is 0.0717 e. The van der Waals surface area contributed by atoms with E-state index < -0.39 is 5.41 Å². The summed E-state index contributed by atoms with van der Waals surface area (Å²) in [5.74, 6) is 0. The Balaban J connectivity index is 1.21. The molecule has 1 aliphatic rings. The Hall–Kier alpha value is -7.42. The molecule has 0 atom stereocenters. The molecule has 2 heteroatoms. The summed E-state index contributed by atoms with van der Waals surface area (Å²) in [6.07, 6.45) is 3.76. The molecule has 11 rings (SSSR count). The largest absolute Gasteiger partial charge is 0.256 e. The first-order valence-corrected chi connectivity index (χ1v) is 19.6. The van der Waals surface area contributed by atoms with E-state index in [1.165, 1.54) is 77.2 Å². The zero-order valence-electron chi connectivity index (χ0n) is 31.2. The summed E-state index contributed by atoms with van der Waals surface area (Å²) >= 11 is 0. The standard InChI is InChI=1S/C55H36N2/c1-4-16-37(17-5-1)53-45-23-10-11-24-46(45)54(48-34-38(27-31-47(48)53)52-32-29-40(36-57-52)51-26-14-15-33-56-51)39-28-30-44-43-22-12-13-25-49(43)55(50(44)35-39,41-18-6-2-7-19-41)42-20-8-3-9-21-42/h1-36H. The fourth-order valence-electron chi connectivity index (χ4n) is 9.41. The molecule has 0 saturated heterocycles. The van der Waals surface area contributed by atoms with Crippen molar-refractivity contribution in [3.05, 3.63) is 241 Å². The molecule has 0 radical (unpaired) electrons. The lowest BCUT2D eigenvalue weighted by Gasteiger charge is -2.34. The maximum absolute atomic E-state index is 4.99. The van der Waals surface area contributed by atoms with E-state index in [2.05, 4.69) is 193 Å². The highest BCUT2D eigenvalue weighted by molar-refractivity contribution is 6.22. The molecule has 0 fully saturated rings. The van der Waals surface area contributed by atoms with E-state index in [0.29, 0.717) is 0 Å². The monoisotopic (exact) mass is 724 g/mol. The highest BCUT2D eigenvalue weighted by atomic mass is 14.7. The van der Waals surface area contributed by atoms with Gasteiger partial charge in [0.25, 0.3) is 0 Å².